The normalized spacial score (nSPS) is 22.4. The van der Waals surface area contributed by atoms with Gasteiger partial charge in [0.15, 0.2) is 11.9 Å². The van der Waals surface area contributed by atoms with Gasteiger partial charge in [0, 0.05) is 70.4 Å². The molecule has 5 rings (SSSR count). The first-order chi connectivity index (χ1) is 48.4. The number of carbonyl (C=O) groups is 14. The van der Waals surface area contributed by atoms with E-state index in [1.54, 1.807) is 30.3 Å². The molecule has 1 spiro atoms. The van der Waals surface area contributed by atoms with Crippen molar-refractivity contribution in [2.45, 2.75) is 190 Å². The fourth-order valence-electron chi connectivity index (χ4n) is 11.3. The van der Waals surface area contributed by atoms with Crippen LogP contribution in [0.2, 0.25) is 0 Å². The van der Waals surface area contributed by atoms with Crippen LogP contribution in [0, 0.1) is 0 Å². The molecule has 0 radical (unpaired) electrons. The number of hydrogen-bond donors (Lipinski definition) is 20. The van der Waals surface area contributed by atoms with Crippen LogP contribution in [0.25, 0.3) is 10.8 Å². The number of imidazole rings is 1. The van der Waals surface area contributed by atoms with Crippen molar-refractivity contribution in [3.8, 4) is 0 Å². The second kappa shape index (κ2) is 41.2. The molecule has 2 heterocycles. The Balaban J connectivity index is 1.65. The van der Waals surface area contributed by atoms with E-state index in [0.29, 0.717) is 29.5 Å². The second-order valence-corrected chi connectivity index (χ2v) is 25.8. The highest BCUT2D eigenvalue weighted by Gasteiger charge is 2.46. The van der Waals surface area contributed by atoms with Crippen LogP contribution in [0.1, 0.15) is 122 Å². The molecule has 38 heteroatoms. The van der Waals surface area contributed by atoms with E-state index in [1.165, 1.54) is 19.4 Å². The molecule has 558 valence electrons. The van der Waals surface area contributed by atoms with Crippen molar-refractivity contribution in [1.29, 1.82) is 0 Å². The number of aliphatic imine (C=N–C) groups is 2. The first-order valence-electron chi connectivity index (χ1n) is 33.3. The number of aromatic amines is 1. The molecule has 1 aromatic heterocycles. The molecule has 13 amide bonds. The zero-order chi connectivity index (χ0) is 75.1. The molecule has 0 bridgehead atoms. The number of fused-ring (bicyclic) bond motifs is 1. The molecule has 1 saturated carbocycles. The number of aliphatic hydroxyl groups is 1. The van der Waals surface area contributed by atoms with Gasteiger partial charge < -0.3 is 108 Å². The smallest absolute Gasteiger partial charge is 0.326 e. The van der Waals surface area contributed by atoms with Crippen molar-refractivity contribution in [1.82, 2.24) is 73.8 Å². The summed E-state index contributed by atoms with van der Waals surface area (Å²) < 4.78 is 0. The van der Waals surface area contributed by atoms with E-state index in [4.69, 9.17) is 28.7 Å². The van der Waals surface area contributed by atoms with Gasteiger partial charge in [-0.05, 0) is 87.5 Å². The lowest BCUT2D eigenvalue weighted by Crippen LogP contribution is -2.65. The summed E-state index contributed by atoms with van der Waals surface area (Å²) in [5.74, 6) is -14.6. The molecule has 2 aromatic carbocycles. The van der Waals surface area contributed by atoms with E-state index in [0.717, 1.165) is 31.0 Å². The number of aliphatic hydroxyl groups excluding tert-OH is 1. The van der Waals surface area contributed by atoms with Gasteiger partial charge in [-0.25, -0.2) is 9.78 Å². The van der Waals surface area contributed by atoms with E-state index >= 15 is 9.59 Å². The van der Waals surface area contributed by atoms with Gasteiger partial charge in [0.05, 0.1) is 24.7 Å². The number of thioether (sulfide) groups is 1. The number of H-pyrrole nitrogens is 1. The number of aromatic nitrogens is 2. The number of nitrogens with zero attached hydrogens (tertiary/aromatic N) is 3. The number of nitrogens with one attached hydrogen (secondary N) is 13. The summed E-state index contributed by atoms with van der Waals surface area (Å²) in [5.41, 5.74) is 27.1. The molecule has 1 aliphatic carbocycles. The van der Waals surface area contributed by atoms with Crippen molar-refractivity contribution >= 4 is 117 Å². The summed E-state index contributed by atoms with van der Waals surface area (Å²) >= 11 is 0.929. The zero-order valence-electron chi connectivity index (χ0n) is 57.1. The summed E-state index contributed by atoms with van der Waals surface area (Å²) in [5, 5.41) is 53.6. The Bertz CT molecular complexity index is 3500. The molecule has 10 atom stereocenters. The van der Waals surface area contributed by atoms with Gasteiger partial charge in [-0.3, -0.25) is 72.3 Å². The third-order valence-electron chi connectivity index (χ3n) is 16.6. The number of rotatable bonds is 24. The summed E-state index contributed by atoms with van der Waals surface area (Å²) in [6.07, 6.45) is -1.20. The number of guanidine groups is 2. The average molecular weight is 1450 g/mol. The van der Waals surface area contributed by atoms with Crippen LogP contribution in [0.5, 0.6) is 0 Å². The Kier molecular flexibility index (Phi) is 33.1. The maximum atomic E-state index is 15.3. The molecule has 0 unspecified atom stereocenters. The maximum Gasteiger partial charge on any atom is 0.326 e. The van der Waals surface area contributed by atoms with Gasteiger partial charge in [0.25, 0.3) is 0 Å². The standard InChI is InChI=1S/C64H95N21O16S/c1-34(86)51-59(98)82-48(31-102-33-75-35(2)87)57(96)79-43(19-12-26-73-63(68)69)53(92)80-44(20-21-49(65)89)58(97)85-64(22-7-8-23-64)61(101)83-45(27-38-15-10-14-37-13-4-5-16-40(37)38)55(94)78-42(18-11-25-72-62(66)67)52(91)77-41(54(93)81-47(60(99)100)28-39-30-70-32-74-39)17-6-9-24-71-50(90)29-46(56(95)84-51)76-36(3)88/h4-5,10,13-16,30,32,34,41-48,51,86H,6-9,11-12,17-29,31,33H2,1-3H3,(H2,65,89)(H,70,74)(H,71,90)(H,75,87)(H,76,88)(H,77,91)(H,78,94)(H,79,96)(H,80,92)(H,81,93)(H,82,98)(H,83,101)(H,84,95)(H,85,97)(H,99,100)(H4,66,67,72)(H4,68,69,73)/t34-,41+,42+,43+,44+,45+,46+,47+,48+,51+/m1/s1. The molecular formula is C64H95N21O16S. The number of nitrogens with two attached hydrogens (primary N) is 5. The van der Waals surface area contributed by atoms with Gasteiger partial charge in [-0.2, -0.15) is 0 Å². The highest BCUT2D eigenvalue weighted by molar-refractivity contribution is 7.99. The number of carbonyl (C=O) groups excluding carboxylic acids is 13. The number of carboxylic acid groups (broad SMARTS) is 1. The van der Waals surface area contributed by atoms with E-state index in [9.17, 15) is 67.7 Å². The Morgan fingerprint density at radius 2 is 1.28 bits per heavy atom. The van der Waals surface area contributed by atoms with Crippen LogP contribution < -0.4 is 92.5 Å². The van der Waals surface area contributed by atoms with E-state index in [-0.39, 0.29) is 114 Å². The quantitative estimate of drug-likeness (QED) is 0.0172. The number of carboxylic acids is 1. The van der Waals surface area contributed by atoms with Gasteiger partial charge in [0.2, 0.25) is 76.8 Å². The first kappa shape index (κ1) is 82.0. The van der Waals surface area contributed by atoms with Gasteiger partial charge in [0.1, 0.15) is 59.9 Å². The first-order valence-corrected chi connectivity index (χ1v) is 34.5. The van der Waals surface area contributed by atoms with Crippen LogP contribution in [0.15, 0.2) is 65.0 Å². The van der Waals surface area contributed by atoms with E-state index in [1.807, 2.05) is 12.1 Å². The number of benzene rings is 2. The highest BCUT2D eigenvalue weighted by Crippen LogP contribution is 2.31. The fraction of sp³-hybridized carbons (Fsp3) is 0.547. The average Bonchev–Trinajstić information content (AvgIpc) is 1.51. The predicted octanol–water partition coefficient (Wildman–Crippen LogP) is -5.48. The minimum atomic E-state index is -1.90. The topological polar surface area (TPSA) is 607 Å². The maximum absolute atomic E-state index is 15.3. The molecule has 3 aromatic rings. The van der Waals surface area contributed by atoms with Crippen molar-refractivity contribution in [2.24, 2.45) is 38.7 Å². The second-order valence-electron chi connectivity index (χ2n) is 24.8. The Labute approximate surface area is 591 Å². The third kappa shape index (κ3) is 27.5. The van der Waals surface area contributed by atoms with Crippen molar-refractivity contribution in [3.63, 3.8) is 0 Å². The molecule has 2 fully saturated rings. The lowest BCUT2D eigenvalue weighted by Gasteiger charge is -2.33. The van der Waals surface area contributed by atoms with Gasteiger partial charge in [-0.15, -0.1) is 11.8 Å². The Morgan fingerprint density at radius 1 is 0.686 bits per heavy atom. The largest absolute Gasteiger partial charge is 0.480 e. The van der Waals surface area contributed by atoms with Crippen molar-refractivity contribution < 1.29 is 77.3 Å². The van der Waals surface area contributed by atoms with E-state index < -0.39 is 168 Å². The lowest BCUT2D eigenvalue weighted by atomic mass is 9.93. The van der Waals surface area contributed by atoms with E-state index in [2.05, 4.69) is 83.8 Å². The molecule has 37 nitrogen and oxygen atoms in total. The summed E-state index contributed by atoms with van der Waals surface area (Å²) in [7, 11) is 0. The molecule has 102 heavy (non-hydrogen) atoms. The number of hydrogen-bond acceptors (Lipinski definition) is 19. The molecular weight excluding hydrogens is 1350 g/mol. The zero-order valence-corrected chi connectivity index (χ0v) is 57.9. The summed E-state index contributed by atoms with van der Waals surface area (Å²) in [6, 6.07) is -2.26. The molecule has 25 N–H and O–H groups in total. The van der Waals surface area contributed by atoms with Crippen LogP contribution in [-0.4, -0.2) is 212 Å². The molecule has 1 aliphatic heterocycles. The molecule has 2 aliphatic rings. The summed E-state index contributed by atoms with van der Waals surface area (Å²) in [6.45, 7) is 3.09. The SMILES string of the molecule is CC(=O)NCSC[C@@H]1NC(=O)[C@H]([C@@H](C)O)NC(=O)[C@@H](NC(C)=O)CC(=O)NCCCC[C@@H](C(=O)N[C@@H](Cc2cnc[nH]2)C(=O)O)NC(=O)[C@H](CCCN=C(N)N)NC(=O)[C@H](Cc2cccc3ccccc23)NC(=O)C2(CCCC2)NC(=O)[C@H](CCC(N)=O)NC(=O)[C@H](CCCN=C(N)N)NC1=O. The van der Waals surface area contributed by atoms with Gasteiger partial charge >= 0.3 is 5.97 Å². The monoisotopic (exact) mass is 1450 g/mol. The van der Waals surface area contributed by atoms with Gasteiger partial charge in [-0.1, -0.05) is 55.3 Å². The lowest BCUT2D eigenvalue weighted by molar-refractivity contribution is -0.142. The Morgan fingerprint density at radius 3 is 1.87 bits per heavy atom. The van der Waals surface area contributed by atoms with Crippen LogP contribution >= 0.6 is 11.8 Å². The Hall–Kier alpha value is -10.7. The third-order valence-corrected chi connectivity index (χ3v) is 17.5. The minimum Gasteiger partial charge on any atom is -0.480 e. The number of aliphatic carboxylic acids is 1. The summed E-state index contributed by atoms with van der Waals surface area (Å²) in [4.78, 5) is 210. The molecule has 1 saturated heterocycles. The number of amides is 13. The van der Waals surface area contributed by atoms with Crippen LogP contribution in [0.3, 0.4) is 0 Å². The van der Waals surface area contributed by atoms with Crippen LogP contribution in [0.4, 0.5) is 0 Å². The predicted molar refractivity (Wildman–Crippen MR) is 373 cm³/mol. The fourth-order valence-corrected chi connectivity index (χ4v) is 12.2. The van der Waals surface area contributed by atoms with Crippen molar-refractivity contribution in [2.75, 3.05) is 31.3 Å². The van der Waals surface area contributed by atoms with Crippen LogP contribution in [-0.2, 0) is 80.0 Å². The highest BCUT2D eigenvalue weighted by atomic mass is 32.2. The van der Waals surface area contributed by atoms with Crippen molar-refractivity contribution in [3.05, 3.63) is 66.2 Å². The minimum absolute atomic E-state index is 0.00693. The number of primary amides is 1.